The van der Waals surface area contributed by atoms with Gasteiger partial charge in [0.05, 0.1) is 15.9 Å². The summed E-state index contributed by atoms with van der Waals surface area (Å²) >= 11 is 3.14. The standard InChI is InChI=1S/C13H13BrFN5/c1-3-10-11-12(19(2)18-10)20(13(16)17-11)7-4-5-8(14)9(15)6-7/h4-6H,3H2,1-2H3,(H2,16,17). The smallest absolute Gasteiger partial charge is 0.207 e. The van der Waals surface area contributed by atoms with Gasteiger partial charge in [0, 0.05) is 7.05 Å². The van der Waals surface area contributed by atoms with Crippen LogP contribution in [0.2, 0.25) is 0 Å². The Bertz CT molecular complexity index is 805. The van der Waals surface area contributed by atoms with E-state index in [4.69, 9.17) is 5.73 Å². The number of hydrogen-bond donors (Lipinski definition) is 1. The second kappa shape index (κ2) is 4.59. The number of benzene rings is 1. The minimum Gasteiger partial charge on any atom is -0.369 e. The zero-order valence-electron chi connectivity index (χ0n) is 11.1. The fraction of sp³-hybridized carbons (Fsp3) is 0.231. The number of rotatable bonds is 2. The van der Waals surface area contributed by atoms with Crippen LogP contribution in [0.5, 0.6) is 0 Å². The van der Waals surface area contributed by atoms with E-state index in [-0.39, 0.29) is 5.82 Å². The van der Waals surface area contributed by atoms with Crippen molar-refractivity contribution in [2.24, 2.45) is 7.05 Å². The van der Waals surface area contributed by atoms with Crippen molar-refractivity contribution in [2.45, 2.75) is 13.3 Å². The minimum atomic E-state index is -0.346. The Balaban J connectivity index is 2.32. The van der Waals surface area contributed by atoms with Crippen molar-refractivity contribution in [1.82, 2.24) is 19.3 Å². The van der Waals surface area contributed by atoms with Gasteiger partial charge in [0.25, 0.3) is 0 Å². The Morgan fingerprint density at radius 3 is 2.80 bits per heavy atom. The van der Waals surface area contributed by atoms with Crippen molar-refractivity contribution in [2.75, 3.05) is 5.73 Å². The second-order valence-corrected chi connectivity index (χ2v) is 5.35. The highest BCUT2D eigenvalue weighted by atomic mass is 79.9. The summed E-state index contributed by atoms with van der Waals surface area (Å²) in [5.74, 6) is -0.0222. The lowest BCUT2D eigenvalue weighted by Crippen LogP contribution is -2.05. The predicted octanol–water partition coefficient (Wildman–Crippen LogP) is 2.81. The minimum absolute atomic E-state index is 0.324. The lowest BCUT2D eigenvalue weighted by atomic mass is 10.3. The molecule has 0 aliphatic carbocycles. The molecular formula is C13H13BrFN5. The lowest BCUT2D eigenvalue weighted by molar-refractivity contribution is 0.620. The SMILES string of the molecule is CCc1nn(C)c2c1nc(N)n2-c1ccc(Br)c(F)c1. The monoisotopic (exact) mass is 337 g/mol. The molecule has 1 aromatic carbocycles. The lowest BCUT2D eigenvalue weighted by Gasteiger charge is -2.07. The first-order valence-electron chi connectivity index (χ1n) is 6.18. The number of halogens is 2. The Labute approximate surface area is 123 Å². The first-order valence-corrected chi connectivity index (χ1v) is 6.97. The number of hydrogen-bond acceptors (Lipinski definition) is 3. The first kappa shape index (κ1) is 13.1. The number of anilines is 1. The second-order valence-electron chi connectivity index (χ2n) is 4.50. The number of nitrogens with two attached hydrogens (primary N) is 1. The Hall–Kier alpha value is -1.89. The maximum atomic E-state index is 13.7. The Morgan fingerprint density at radius 1 is 1.40 bits per heavy atom. The van der Waals surface area contributed by atoms with Gasteiger partial charge < -0.3 is 5.73 Å². The molecule has 3 aromatic rings. The topological polar surface area (TPSA) is 61.7 Å². The fourth-order valence-corrected chi connectivity index (χ4v) is 2.56. The van der Waals surface area contributed by atoms with Crippen molar-refractivity contribution in [3.05, 3.63) is 34.2 Å². The normalized spacial score (nSPS) is 11.4. The summed E-state index contributed by atoms with van der Waals surface area (Å²) < 4.78 is 17.6. The summed E-state index contributed by atoms with van der Waals surface area (Å²) in [5, 5.41) is 4.41. The van der Waals surface area contributed by atoms with Crippen LogP contribution in [0.3, 0.4) is 0 Å². The molecular weight excluding hydrogens is 325 g/mol. The third-order valence-corrected chi connectivity index (χ3v) is 3.87. The molecule has 0 fully saturated rings. The molecule has 2 heterocycles. The number of fused-ring (bicyclic) bond motifs is 1. The third kappa shape index (κ3) is 1.81. The zero-order chi connectivity index (χ0) is 14.4. The van der Waals surface area contributed by atoms with Crippen LogP contribution in [0.15, 0.2) is 22.7 Å². The quantitative estimate of drug-likeness (QED) is 0.782. The molecule has 0 aliphatic rings. The third-order valence-electron chi connectivity index (χ3n) is 3.23. The Kier molecular flexibility index (Phi) is 3.01. The highest BCUT2D eigenvalue weighted by molar-refractivity contribution is 9.10. The number of aryl methyl sites for hydroxylation is 2. The van der Waals surface area contributed by atoms with Crippen LogP contribution in [0.1, 0.15) is 12.6 Å². The van der Waals surface area contributed by atoms with Gasteiger partial charge in [-0.05, 0) is 40.5 Å². The van der Waals surface area contributed by atoms with Gasteiger partial charge in [-0.25, -0.2) is 14.1 Å². The zero-order valence-corrected chi connectivity index (χ0v) is 12.6. The molecule has 0 bridgehead atoms. The molecule has 0 atom stereocenters. The van der Waals surface area contributed by atoms with Crippen molar-refractivity contribution in [3.8, 4) is 5.69 Å². The highest BCUT2D eigenvalue weighted by Crippen LogP contribution is 2.27. The molecule has 0 saturated heterocycles. The molecule has 5 nitrogen and oxygen atoms in total. The van der Waals surface area contributed by atoms with Crippen molar-refractivity contribution < 1.29 is 4.39 Å². The predicted molar refractivity (Wildman–Crippen MR) is 79.3 cm³/mol. The van der Waals surface area contributed by atoms with E-state index in [9.17, 15) is 4.39 Å². The van der Waals surface area contributed by atoms with Gasteiger partial charge in [-0.2, -0.15) is 5.10 Å². The van der Waals surface area contributed by atoms with Crippen molar-refractivity contribution in [1.29, 1.82) is 0 Å². The molecule has 7 heteroatoms. The number of imidazole rings is 1. The van der Waals surface area contributed by atoms with E-state index in [1.54, 1.807) is 21.4 Å². The van der Waals surface area contributed by atoms with E-state index in [1.165, 1.54) is 6.07 Å². The van der Waals surface area contributed by atoms with Crippen LogP contribution in [0, 0.1) is 5.82 Å². The van der Waals surface area contributed by atoms with E-state index >= 15 is 0 Å². The summed E-state index contributed by atoms with van der Waals surface area (Å²) in [6.45, 7) is 2.01. The van der Waals surface area contributed by atoms with E-state index in [1.807, 2.05) is 14.0 Å². The molecule has 20 heavy (non-hydrogen) atoms. The molecule has 2 N–H and O–H groups in total. The maximum Gasteiger partial charge on any atom is 0.207 e. The molecule has 0 saturated carbocycles. The number of nitrogen functional groups attached to an aromatic ring is 1. The van der Waals surface area contributed by atoms with Crippen molar-refractivity contribution >= 4 is 33.0 Å². The van der Waals surface area contributed by atoms with Gasteiger partial charge in [0.15, 0.2) is 5.65 Å². The average Bonchev–Trinajstić information content (AvgIpc) is 2.90. The molecule has 0 spiro atoms. The van der Waals surface area contributed by atoms with Gasteiger partial charge in [-0.1, -0.05) is 6.92 Å². The van der Waals surface area contributed by atoms with Crippen LogP contribution in [0.25, 0.3) is 16.9 Å². The van der Waals surface area contributed by atoms with Crippen LogP contribution in [-0.4, -0.2) is 19.3 Å². The van der Waals surface area contributed by atoms with Crippen LogP contribution in [0.4, 0.5) is 10.3 Å². The van der Waals surface area contributed by atoms with Gasteiger partial charge >= 0.3 is 0 Å². The summed E-state index contributed by atoms with van der Waals surface area (Å²) in [4.78, 5) is 4.36. The summed E-state index contributed by atoms with van der Waals surface area (Å²) in [6, 6.07) is 4.84. The summed E-state index contributed by atoms with van der Waals surface area (Å²) in [6.07, 6.45) is 0.766. The molecule has 3 rings (SSSR count). The maximum absolute atomic E-state index is 13.7. The van der Waals surface area contributed by atoms with E-state index in [0.29, 0.717) is 16.1 Å². The molecule has 0 amide bonds. The van der Waals surface area contributed by atoms with Gasteiger partial charge in [0.2, 0.25) is 5.95 Å². The van der Waals surface area contributed by atoms with Gasteiger partial charge in [0.1, 0.15) is 11.3 Å². The first-order chi connectivity index (χ1) is 9.52. The van der Waals surface area contributed by atoms with Crippen LogP contribution in [-0.2, 0) is 13.5 Å². The molecule has 104 valence electrons. The van der Waals surface area contributed by atoms with Gasteiger partial charge in [-0.15, -0.1) is 0 Å². The van der Waals surface area contributed by atoms with E-state index in [2.05, 4.69) is 26.0 Å². The Morgan fingerprint density at radius 2 is 2.15 bits per heavy atom. The van der Waals surface area contributed by atoms with E-state index < -0.39 is 0 Å². The van der Waals surface area contributed by atoms with E-state index in [0.717, 1.165) is 23.3 Å². The van der Waals surface area contributed by atoms with Crippen LogP contribution >= 0.6 is 15.9 Å². The van der Waals surface area contributed by atoms with Gasteiger partial charge in [-0.3, -0.25) is 4.57 Å². The molecule has 2 aromatic heterocycles. The largest absolute Gasteiger partial charge is 0.369 e. The molecule has 0 aliphatic heterocycles. The van der Waals surface area contributed by atoms with Crippen LogP contribution < -0.4 is 5.73 Å². The number of nitrogens with zero attached hydrogens (tertiary/aromatic N) is 4. The molecule has 0 radical (unpaired) electrons. The molecule has 0 unspecified atom stereocenters. The fourth-order valence-electron chi connectivity index (χ4n) is 2.31. The summed E-state index contributed by atoms with van der Waals surface area (Å²) in [5.41, 5.74) is 9.01. The highest BCUT2D eigenvalue weighted by Gasteiger charge is 2.18. The summed E-state index contributed by atoms with van der Waals surface area (Å²) in [7, 11) is 1.83. The average molecular weight is 338 g/mol. The van der Waals surface area contributed by atoms with Crippen molar-refractivity contribution in [3.63, 3.8) is 0 Å². The number of aromatic nitrogens is 4.